The van der Waals surface area contributed by atoms with Crippen LogP contribution in [0.4, 0.5) is 5.82 Å². The van der Waals surface area contributed by atoms with Crippen molar-refractivity contribution in [1.29, 1.82) is 0 Å². The van der Waals surface area contributed by atoms with Crippen molar-refractivity contribution >= 4 is 27.8 Å². The number of nitrogens with one attached hydrogen (secondary N) is 1. The number of rotatable bonds is 2. The zero-order valence-corrected chi connectivity index (χ0v) is 13.2. The second-order valence-electron chi connectivity index (χ2n) is 6.67. The fourth-order valence-electron chi connectivity index (χ4n) is 3.30. The smallest absolute Gasteiger partial charge is 0.163 e. The standard InChI is InChI=1S/C18H16N6/c1-18(4-5-18)12-8-20-9-13-14(12)15(19)24-17(23-13)11-3-7-22-16-10(11)2-6-21-16/h2-3,6-9H,4-5H2,1H3,(H,21,22)(H2,19,23,24). The molecule has 0 aromatic carbocycles. The number of aromatic amines is 1. The molecule has 4 heterocycles. The minimum absolute atomic E-state index is 0.163. The second-order valence-corrected chi connectivity index (χ2v) is 6.67. The van der Waals surface area contributed by atoms with E-state index in [0.29, 0.717) is 11.6 Å². The lowest BCUT2D eigenvalue weighted by Gasteiger charge is -2.14. The molecule has 1 aliphatic carbocycles. The van der Waals surface area contributed by atoms with Crippen LogP contribution in [0.2, 0.25) is 0 Å². The van der Waals surface area contributed by atoms with Crippen molar-refractivity contribution in [2.45, 2.75) is 25.2 Å². The molecule has 1 fully saturated rings. The number of nitrogens with zero attached hydrogens (tertiary/aromatic N) is 4. The molecule has 6 nitrogen and oxygen atoms in total. The summed E-state index contributed by atoms with van der Waals surface area (Å²) >= 11 is 0. The van der Waals surface area contributed by atoms with Crippen LogP contribution in [0.25, 0.3) is 33.3 Å². The van der Waals surface area contributed by atoms with Crippen LogP contribution < -0.4 is 5.73 Å². The summed E-state index contributed by atoms with van der Waals surface area (Å²) in [6.45, 7) is 2.24. The van der Waals surface area contributed by atoms with Gasteiger partial charge in [-0.15, -0.1) is 0 Å². The molecule has 6 heteroatoms. The summed E-state index contributed by atoms with van der Waals surface area (Å²) in [4.78, 5) is 21.1. The van der Waals surface area contributed by atoms with Crippen molar-refractivity contribution in [2.24, 2.45) is 0 Å². The van der Waals surface area contributed by atoms with Gasteiger partial charge in [-0.25, -0.2) is 15.0 Å². The molecule has 0 aliphatic heterocycles. The Morgan fingerprint density at radius 3 is 2.88 bits per heavy atom. The van der Waals surface area contributed by atoms with E-state index in [4.69, 9.17) is 10.7 Å². The van der Waals surface area contributed by atoms with Crippen molar-refractivity contribution in [1.82, 2.24) is 24.9 Å². The monoisotopic (exact) mass is 316 g/mol. The second kappa shape index (κ2) is 4.50. The van der Waals surface area contributed by atoms with Crippen molar-refractivity contribution in [2.75, 3.05) is 5.73 Å². The summed E-state index contributed by atoms with van der Waals surface area (Å²) in [7, 11) is 0. The number of hydrogen-bond donors (Lipinski definition) is 2. The third-order valence-electron chi connectivity index (χ3n) is 4.99. The van der Waals surface area contributed by atoms with Gasteiger partial charge in [-0.3, -0.25) is 4.98 Å². The van der Waals surface area contributed by atoms with Gasteiger partial charge in [0.2, 0.25) is 0 Å². The van der Waals surface area contributed by atoms with Gasteiger partial charge in [-0.2, -0.15) is 0 Å². The molecule has 0 unspecified atom stereocenters. The minimum Gasteiger partial charge on any atom is -0.383 e. The summed E-state index contributed by atoms with van der Waals surface area (Å²) in [6, 6.07) is 3.89. The highest BCUT2D eigenvalue weighted by atomic mass is 15.0. The van der Waals surface area contributed by atoms with Crippen LogP contribution in [0, 0.1) is 0 Å². The number of H-pyrrole nitrogens is 1. The van der Waals surface area contributed by atoms with Crippen LogP contribution in [-0.2, 0) is 5.41 Å². The normalized spacial score (nSPS) is 15.9. The molecule has 5 rings (SSSR count). The Hall–Kier alpha value is -3.02. The first-order valence-corrected chi connectivity index (χ1v) is 8.00. The van der Waals surface area contributed by atoms with Gasteiger partial charge >= 0.3 is 0 Å². The van der Waals surface area contributed by atoms with E-state index in [0.717, 1.165) is 45.9 Å². The van der Waals surface area contributed by atoms with E-state index in [9.17, 15) is 0 Å². The largest absolute Gasteiger partial charge is 0.383 e. The first-order chi connectivity index (χ1) is 11.7. The van der Waals surface area contributed by atoms with E-state index in [2.05, 4.69) is 26.9 Å². The first-order valence-electron chi connectivity index (χ1n) is 8.00. The fraction of sp³-hybridized carbons (Fsp3) is 0.222. The van der Waals surface area contributed by atoms with Crippen molar-refractivity contribution in [3.05, 3.63) is 42.5 Å². The number of aromatic nitrogens is 5. The number of pyridine rings is 2. The molecular weight excluding hydrogens is 300 g/mol. The van der Waals surface area contributed by atoms with Crippen molar-refractivity contribution < 1.29 is 0 Å². The molecule has 0 amide bonds. The molecule has 0 spiro atoms. The maximum atomic E-state index is 6.34. The van der Waals surface area contributed by atoms with Crippen molar-refractivity contribution in [3.8, 4) is 11.4 Å². The summed E-state index contributed by atoms with van der Waals surface area (Å²) in [6.07, 6.45) is 9.59. The highest BCUT2D eigenvalue weighted by Crippen LogP contribution is 2.50. The number of hydrogen-bond acceptors (Lipinski definition) is 5. The number of anilines is 1. The van der Waals surface area contributed by atoms with Gasteiger partial charge in [0.1, 0.15) is 11.5 Å². The molecule has 0 saturated heterocycles. The molecule has 3 N–H and O–H groups in total. The Kier molecular flexibility index (Phi) is 2.52. The Balaban J connectivity index is 1.79. The van der Waals surface area contributed by atoms with Crippen LogP contribution in [0.3, 0.4) is 0 Å². The van der Waals surface area contributed by atoms with E-state index < -0.39 is 0 Å². The van der Waals surface area contributed by atoms with Crippen LogP contribution in [0.5, 0.6) is 0 Å². The molecule has 0 bridgehead atoms. The van der Waals surface area contributed by atoms with Gasteiger partial charge in [-0.1, -0.05) is 6.92 Å². The zero-order chi connectivity index (χ0) is 16.3. The van der Waals surface area contributed by atoms with Crippen LogP contribution in [-0.4, -0.2) is 24.9 Å². The minimum atomic E-state index is 0.163. The van der Waals surface area contributed by atoms with Gasteiger partial charge in [-0.05, 0) is 36.0 Å². The number of nitrogens with two attached hydrogens (primary N) is 1. The Labute approximate surface area is 138 Å². The van der Waals surface area contributed by atoms with Crippen LogP contribution in [0.15, 0.2) is 36.9 Å². The lowest BCUT2D eigenvalue weighted by molar-refractivity contribution is 0.790. The summed E-state index contributed by atoms with van der Waals surface area (Å²) < 4.78 is 0. The predicted molar refractivity (Wildman–Crippen MR) is 93.4 cm³/mol. The third kappa shape index (κ3) is 1.83. The maximum absolute atomic E-state index is 6.34. The van der Waals surface area contributed by atoms with E-state index in [1.54, 1.807) is 12.4 Å². The quantitative estimate of drug-likeness (QED) is 0.592. The van der Waals surface area contributed by atoms with Crippen LogP contribution in [0.1, 0.15) is 25.3 Å². The van der Waals surface area contributed by atoms with E-state index >= 15 is 0 Å². The van der Waals surface area contributed by atoms with Gasteiger partial charge < -0.3 is 10.7 Å². The highest BCUT2D eigenvalue weighted by Gasteiger charge is 2.41. The molecule has 24 heavy (non-hydrogen) atoms. The molecule has 0 atom stereocenters. The van der Waals surface area contributed by atoms with E-state index in [1.165, 1.54) is 0 Å². The molecule has 1 saturated carbocycles. The average molecular weight is 316 g/mol. The number of fused-ring (bicyclic) bond motifs is 2. The summed E-state index contributed by atoms with van der Waals surface area (Å²) in [5.74, 6) is 1.12. The predicted octanol–water partition coefficient (Wildman–Crippen LogP) is 3.20. The van der Waals surface area contributed by atoms with Crippen LogP contribution >= 0.6 is 0 Å². The third-order valence-corrected chi connectivity index (χ3v) is 4.99. The lowest BCUT2D eigenvalue weighted by Crippen LogP contribution is -2.06. The van der Waals surface area contributed by atoms with Gasteiger partial charge in [0.15, 0.2) is 5.82 Å². The van der Waals surface area contributed by atoms with E-state index in [1.807, 2.05) is 24.5 Å². The lowest BCUT2D eigenvalue weighted by atomic mass is 9.96. The SMILES string of the molecule is CC1(c2cncc3nc(-c4ccnc5[nH]ccc45)nc(N)c23)CC1. The maximum Gasteiger partial charge on any atom is 0.163 e. The average Bonchev–Trinajstić information content (AvgIpc) is 3.16. The molecule has 4 aromatic rings. The first kappa shape index (κ1) is 13.4. The number of nitrogen functional groups attached to an aromatic ring is 1. The van der Waals surface area contributed by atoms with Gasteiger partial charge in [0, 0.05) is 34.9 Å². The Morgan fingerprint density at radius 1 is 1.17 bits per heavy atom. The molecule has 118 valence electrons. The molecule has 4 aromatic heterocycles. The highest BCUT2D eigenvalue weighted by molar-refractivity contribution is 5.96. The zero-order valence-electron chi connectivity index (χ0n) is 13.2. The van der Waals surface area contributed by atoms with Crippen molar-refractivity contribution in [3.63, 3.8) is 0 Å². The topological polar surface area (TPSA) is 93.4 Å². The van der Waals surface area contributed by atoms with E-state index in [-0.39, 0.29) is 5.41 Å². The molecule has 0 radical (unpaired) electrons. The van der Waals surface area contributed by atoms with Gasteiger partial charge in [0.25, 0.3) is 0 Å². The molecular formula is C18H16N6. The summed E-state index contributed by atoms with van der Waals surface area (Å²) in [5, 5.41) is 1.92. The Bertz CT molecular complexity index is 1090. The fourth-order valence-corrected chi connectivity index (χ4v) is 3.30. The van der Waals surface area contributed by atoms with Gasteiger partial charge in [0.05, 0.1) is 11.7 Å². The summed E-state index contributed by atoms with van der Waals surface area (Å²) in [5.41, 5.74) is 10.2. The molecule has 1 aliphatic rings. The Morgan fingerprint density at radius 2 is 2.04 bits per heavy atom.